The summed E-state index contributed by atoms with van der Waals surface area (Å²) >= 11 is 0. The van der Waals surface area contributed by atoms with Crippen molar-refractivity contribution in [1.82, 2.24) is 4.90 Å². The summed E-state index contributed by atoms with van der Waals surface area (Å²) in [5.74, 6) is 1.57. The van der Waals surface area contributed by atoms with Crippen LogP contribution in [0.25, 0.3) is 0 Å². The lowest BCUT2D eigenvalue weighted by Crippen LogP contribution is -2.45. The molecule has 0 radical (unpaired) electrons. The molecule has 0 bridgehead atoms. The van der Waals surface area contributed by atoms with E-state index in [0.717, 1.165) is 50.8 Å². The molecule has 2 fully saturated rings. The molecule has 0 amide bonds. The Balaban J connectivity index is 1.91. The number of carbonyl (C=O) groups excluding carboxylic acids is 1. The monoisotopic (exact) mass is 225 g/mol. The van der Waals surface area contributed by atoms with E-state index in [2.05, 4.69) is 18.7 Å². The van der Waals surface area contributed by atoms with E-state index in [-0.39, 0.29) is 5.41 Å². The minimum atomic E-state index is -0.208. The van der Waals surface area contributed by atoms with Crippen molar-refractivity contribution in [2.24, 2.45) is 17.3 Å². The molecule has 0 aromatic heterocycles. The molecule has 16 heavy (non-hydrogen) atoms. The first-order valence-electron chi connectivity index (χ1n) is 6.42. The van der Waals surface area contributed by atoms with Gasteiger partial charge in [0.05, 0.1) is 12.0 Å². The Labute approximate surface area is 98.1 Å². The molecule has 2 aliphatic heterocycles. The van der Waals surface area contributed by atoms with Gasteiger partial charge in [-0.1, -0.05) is 13.8 Å². The molecule has 2 aliphatic rings. The van der Waals surface area contributed by atoms with E-state index >= 15 is 0 Å². The lowest BCUT2D eigenvalue weighted by atomic mass is 9.84. The van der Waals surface area contributed by atoms with Crippen molar-refractivity contribution in [3.8, 4) is 0 Å². The van der Waals surface area contributed by atoms with Crippen LogP contribution < -0.4 is 0 Å². The van der Waals surface area contributed by atoms with Crippen molar-refractivity contribution in [3.63, 3.8) is 0 Å². The number of hydrogen-bond acceptors (Lipinski definition) is 3. The summed E-state index contributed by atoms with van der Waals surface area (Å²) in [7, 11) is 0. The van der Waals surface area contributed by atoms with Gasteiger partial charge in [-0.25, -0.2) is 0 Å². The van der Waals surface area contributed by atoms with Gasteiger partial charge in [0, 0.05) is 19.7 Å². The standard InChI is InChI=1S/C13H23NO2/c1-11-3-5-14(7-12(11)2)8-13(9-15)4-6-16-10-13/h9,11-12H,3-8,10H2,1-2H3. The van der Waals surface area contributed by atoms with Gasteiger partial charge < -0.3 is 14.4 Å². The van der Waals surface area contributed by atoms with Crippen LogP contribution in [0, 0.1) is 17.3 Å². The highest BCUT2D eigenvalue weighted by Gasteiger charge is 2.37. The molecule has 0 N–H and O–H groups in total. The zero-order chi connectivity index (χ0) is 11.6. The number of hydrogen-bond donors (Lipinski definition) is 0. The first-order valence-corrected chi connectivity index (χ1v) is 6.42. The average molecular weight is 225 g/mol. The molecule has 0 saturated carbocycles. The molecule has 0 aromatic rings. The summed E-state index contributed by atoms with van der Waals surface area (Å²) < 4.78 is 5.38. The van der Waals surface area contributed by atoms with E-state index in [4.69, 9.17) is 4.74 Å². The number of ether oxygens (including phenoxy) is 1. The van der Waals surface area contributed by atoms with Crippen LogP contribution in [0.2, 0.25) is 0 Å². The van der Waals surface area contributed by atoms with Gasteiger partial charge in [0.15, 0.2) is 0 Å². The molecule has 0 spiro atoms. The maximum Gasteiger partial charge on any atom is 0.129 e. The van der Waals surface area contributed by atoms with Crippen LogP contribution in [0.3, 0.4) is 0 Å². The number of nitrogens with zero attached hydrogens (tertiary/aromatic N) is 1. The summed E-state index contributed by atoms with van der Waals surface area (Å²) in [4.78, 5) is 13.7. The Kier molecular flexibility index (Phi) is 3.65. The summed E-state index contributed by atoms with van der Waals surface area (Å²) in [6, 6.07) is 0. The molecule has 3 heteroatoms. The number of likely N-dealkylation sites (tertiary alicyclic amines) is 1. The van der Waals surface area contributed by atoms with Crippen LogP contribution in [0.5, 0.6) is 0 Å². The van der Waals surface area contributed by atoms with Gasteiger partial charge in [-0.05, 0) is 31.2 Å². The highest BCUT2D eigenvalue weighted by Crippen LogP contribution is 2.30. The fourth-order valence-corrected chi connectivity index (χ4v) is 2.82. The molecule has 2 heterocycles. The van der Waals surface area contributed by atoms with E-state index in [1.807, 2.05) is 0 Å². The van der Waals surface area contributed by atoms with E-state index < -0.39 is 0 Å². The van der Waals surface area contributed by atoms with Crippen LogP contribution in [0.4, 0.5) is 0 Å². The molecule has 2 saturated heterocycles. The molecule has 3 atom stereocenters. The highest BCUT2D eigenvalue weighted by molar-refractivity contribution is 5.60. The Morgan fingerprint density at radius 1 is 1.44 bits per heavy atom. The first kappa shape index (κ1) is 12.1. The zero-order valence-electron chi connectivity index (χ0n) is 10.4. The molecular formula is C13H23NO2. The maximum absolute atomic E-state index is 11.2. The van der Waals surface area contributed by atoms with Crippen molar-refractivity contribution in [2.75, 3.05) is 32.8 Å². The number of piperidine rings is 1. The van der Waals surface area contributed by atoms with Gasteiger partial charge >= 0.3 is 0 Å². The zero-order valence-corrected chi connectivity index (χ0v) is 10.4. The normalized spacial score (nSPS) is 41.1. The molecule has 2 rings (SSSR count). The van der Waals surface area contributed by atoms with Gasteiger partial charge in [-0.2, -0.15) is 0 Å². The molecule has 3 nitrogen and oxygen atoms in total. The lowest BCUT2D eigenvalue weighted by Gasteiger charge is -2.38. The van der Waals surface area contributed by atoms with Gasteiger partial charge in [0.25, 0.3) is 0 Å². The first-order chi connectivity index (χ1) is 7.65. The second kappa shape index (κ2) is 4.84. The van der Waals surface area contributed by atoms with E-state index in [1.54, 1.807) is 0 Å². The van der Waals surface area contributed by atoms with Crippen molar-refractivity contribution in [2.45, 2.75) is 26.7 Å². The Hall–Kier alpha value is -0.410. The van der Waals surface area contributed by atoms with E-state index in [9.17, 15) is 4.79 Å². The number of aldehydes is 1. The van der Waals surface area contributed by atoms with Crippen molar-refractivity contribution in [1.29, 1.82) is 0 Å². The van der Waals surface area contributed by atoms with Crippen molar-refractivity contribution >= 4 is 6.29 Å². The van der Waals surface area contributed by atoms with Gasteiger partial charge in [0.2, 0.25) is 0 Å². The highest BCUT2D eigenvalue weighted by atomic mass is 16.5. The van der Waals surface area contributed by atoms with Crippen molar-refractivity contribution < 1.29 is 9.53 Å². The third-order valence-electron chi connectivity index (χ3n) is 4.34. The molecular weight excluding hydrogens is 202 g/mol. The smallest absolute Gasteiger partial charge is 0.129 e. The van der Waals surface area contributed by atoms with Crippen LogP contribution in [-0.4, -0.2) is 44.0 Å². The van der Waals surface area contributed by atoms with Crippen LogP contribution in [0.15, 0.2) is 0 Å². The minimum absolute atomic E-state index is 0.208. The number of rotatable bonds is 3. The number of carbonyl (C=O) groups is 1. The van der Waals surface area contributed by atoms with Crippen LogP contribution >= 0.6 is 0 Å². The molecule has 0 aromatic carbocycles. The Morgan fingerprint density at radius 3 is 2.81 bits per heavy atom. The quantitative estimate of drug-likeness (QED) is 0.683. The molecule has 0 aliphatic carbocycles. The molecule has 3 unspecified atom stereocenters. The fraction of sp³-hybridized carbons (Fsp3) is 0.923. The molecule has 92 valence electrons. The lowest BCUT2D eigenvalue weighted by molar-refractivity contribution is -0.117. The summed E-state index contributed by atoms with van der Waals surface area (Å²) in [6.07, 6.45) is 3.29. The second-order valence-corrected chi connectivity index (χ2v) is 5.76. The maximum atomic E-state index is 11.2. The Bertz CT molecular complexity index is 248. The fourth-order valence-electron chi connectivity index (χ4n) is 2.82. The van der Waals surface area contributed by atoms with Gasteiger partial charge in [-0.3, -0.25) is 0 Å². The van der Waals surface area contributed by atoms with E-state index in [1.165, 1.54) is 6.42 Å². The predicted octanol–water partition coefficient (Wildman–Crippen LogP) is 1.57. The third kappa shape index (κ3) is 2.46. The predicted molar refractivity (Wildman–Crippen MR) is 63.3 cm³/mol. The van der Waals surface area contributed by atoms with Crippen LogP contribution in [-0.2, 0) is 9.53 Å². The summed E-state index contributed by atoms with van der Waals surface area (Å²) in [5, 5.41) is 0. The topological polar surface area (TPSA) is 29.5 Å². The van der Waals surface area contributed by atoms with Crippen LogP contribution in [0.1, 0.15) is 26.7 Å². The van der Waals surface area contributed by atoms with E-state index in [0.29, 0.717) is 6.61 Å². The average Bonchev–Trinajstić information content (AvgIpc) is 2.73. The van der Waals surface area contributed by atoms with Gasteiger partial charge in [-0.15, -0.1) is 0 Å². The van der Waals surface area contributed by atoms with Gasteiger partial charge in [0.1, 0.15) is 6.29 Å². The minimum Gasteiger partial charge on any atom is -0.380 e. The second-order valence-electron chi connectivity index (χ2n) is 5.76. The summed E-state index contributed by atoms with van der Waals surface area (Å²) in [5.41, 5.74) is -0.208. The summed E-state index contributed by atoms with van der Waals surface area (Å²) in [6.45, 7) is 9.19. The third-order valence-corrected chi connectivity index (χ3v) is 4.34. The SMILES string of the molecule is CC1CCN(CC2(C=O)CCOC2)CC1C. The Morgan fingerprint density at radius 2 is 2.25 bits per heavy atom. The van der Waals surface area contributed by atoms with Crippen molar-refractivity contribution in [3.05, 3.63) is 0 Å². The largest absolute Gasteiger partial charge is 0.380 e.